The van der Waals surface area contributed by atoms with Gasteiger partial charge in [-0.25, -0.2) is 0 Å². The fourth-order valence-corrected chi connectivity index (χ4v) is 2.95. The minimum Gasteiger partial charge on any atom is -0.395 e. The molecule has 3 unspecified atom stereocenters. The SMILES string of the molecule is CCC(C)CC(CC)N(CCO)CC1CCCN1. The first-order chi connectivity index (χ1) is 8.71. The Morgan fingerprint density at radius 2 is 2.11 bits per heavy atom. The van der Waals surface area contributed by atoms with Gasteiger partial charge in [-0.3, -0.25) is 4.90 Å². The summed E-state index contributed by atoms with van der Waals surface area (Å²) in [6.07, 6.45) is 6.31. The normalized spacial score (nSPS) is 23.5. The molecular formula is C15H32N2O. The Kier molecular flexibility index (Phi) is 7.87. The van der Waals surface area contributed by atoms with Gasteiger partial charge < -0.3 is 10.4 Å². The predicted octanol–water partition coefficient (Wildman–Crippen LogP) is 2.25. The van der Waals surface area contributed by atoms with Crippen molar-refractivity contribution < 1.29 is 5.11 Å². The Labute approximate surface area is 113 Å². The molecule has 3 nitrogen and oxygen atoms in total. The van der Waals surface area contributed by atoms with Gasteiger partial charge in [0.15, 0.2) is 0 Å². The van der Waals surface area contributed by atoms with Crippen molar-refractivity contribution in [3.05, 3.63) is 0 Å². The van der Waals surface area contributed by atoms with Crippen LogP contribution in [0.15, 0.2) is 0 Å². The largest absolute Gasteiger partial charge is 0.395 e. The third kappa shape index (κ3) is 5.25. The summed E-state index contributed by atoms with van der Waals surface area (Å²) in [5.74, 6) is 0.785. The molecule has 0 aromatic carbocycles. The van der Waals surface area contributed by atoms with Gasteiger partial charge in [-0.15, -0.1) is 0 Å². The summed E-state index contributed by atoms with van der Waals surface area (Å²) in [5.41, 5.74) is 0. The zero-order valence-electron chi connectivity index (χ0n) is 12.5. The maximum atomic E-state index is 9.28. The molecule has 0 bridgehead atoms. The zero-order chi connectivity index (χ0) is 13.4. The van der Waals surface area contributed by atoms with Gasteiger partial charge in [0, 0.05) is 25.2 Å². The molecule has 0 aliphatic carbocycles. The first-order valence-corrected chi connectivity index (χ1v) is 7.79. The first kappa shape index (κ1) is 15.9. The van der Waals surface area contributed by atoms with Crippen LogP contribution in [0.3, 0.4) is 0 Å². The molecule has 1 aliphatic heterocycles. The van der Waals surface area contributed by atoms with Gasteiger partial charge in [-0.1, -0.05) is 27.2 Å². The summed E-state index contributed by atoms with van der Waals surface area (Å²) in [6, 6.07) is 1.28. The molecule has 2 N–H and O–H groups in total. The minimum atomic E-state index is 0.281. The molecule has 0 saturated carbocycles. The van der Waals surface area contributed by atoms with Gasteiger partial charge >= 0.3 is 0 Å². The van der Waals surface area contributed by atoms with Crippen LogP contribution in [0.1, 0.15) is 52.9 Å². The number of hydrogen-bond acceptors (Lipinski definition) is 3. The van der Waals surface area contributed by atoms with Crippen LogP contribution in [0, 0.1) is 5.92 Å². The van der Waals surface area contributed by atoms with Gasteiger partial charge in [0.2, 0.25) is 0 Å². The highest BCUT2D eigenvalue weighted by atomic mass is 16.3. The molecule has 1 heterocycles. The van der Waals surface area contributed by atoms with Crippen LogP contribution >= 0.6 is 0 Å². The average molecular weight is 256 g/mol. The number of aliphatic hydroxyl groups is 1. The second-order valence-electron chi connectivity index (χ2n) is 5.82. The van der Waals surface area contributed by atoms with Crippen molar-refractivity contribution >= 4 is 0 Å². The Balaban J connectivity index is 2.49. The van der Waals surface area contributed by atoms with Gasteiger partial charge in [0.25, 0.3) is 0 Å². The van der Waals surface area contributed by atoms with Crippen LogP contribution in [0.2, 0.25) is 0 Å². The summed E-state index contributed by atoms with van der Waals surface area (Å²) in [4.78, 5) is 2.51. The molecule has 1 rings (SSSR count). The average Bonchev–Trinajstić information content (AvgIpc) is 2.88. The highest BCUT2D eigenvalue weighted by molar-refractivity contribution is 4.81. The van der Waals surface area contributed by atoms with E-state index in [0.717, 1.165) is 19.0 Å². The zero-order valence-corrected chi connectivity index (χ0v) is 12.5. The standard InChI is InChI=1S/C15H32N2O/c1-4-13(3)11-15(5-2)17(9-10-18)12-14-7-6-8-16-14/h13-16,18H,4-12H2,1-3H3. The van der Waals surface area contributed by atoms with E-state index in [2.05, 4.69) is 31.0 Å². The van der Waals surface area contributed by atoms with Crippen molar-refractivity contribution in [3.8, 4) is 0 Å². The molecule has 1 fully saturated rings. The molecule has 1 aliphatic rings. The Hall–Kier alpha value is -0.120. The highest BCUT2D eigenvalue weighted by Crippen LogP contribution is 2.19. The molecule has 1 saturated heterocycles. The maximum absolute atomic E-state index is 9.28. The van der Waals surface area contributed by atoms with E-state index >= 15 is 0 Å². The molecule has 18 heavy (non-hydrogen) atoms. The highest BCUT2D eigenvalue weighted by Gasteiger charge is 2.23. The lowest BCUT2D eigenvalue weighted by molar-refractivity contribution is 0.120. The number of nitrogens with one attached hydrogen (secondary N) is 1. The molecule has 0 aromatic rings. The molecule has 3 heteroatoms. The predicted molar refractivity (Wildman–Crippen MR) is 77.8 cm³/mol. The van der Waals surface area contributed by atoms with Gasteiger partial charge in [0.05, 0.1) is 6.61 Å². The Morgan fingerprint density at radius 1 is 1.33 bits per heavy atom. The topological polar surface area (TPSA) is 35.5 Å². The summed E-state index contributed by atoms with van der Waals surface area (Å²) >= 11 is 0. The summed E-state index contributed by atoms with van der Waals surface area (Å²) in [7, 11) is 0. The number of nitrogens with zero attached hydrogens (tertiary/aromatic N) is 1. The van der Waals surface area contributed by atoms with Crippen LogP contribution < -0.4 is 5.32 Å². The molecule has 0 spiro atoms. The maximum Gasteiger partial charge on any atom is 0.0558 e. The summed E-state index contributed by atoms with van der Waals surface area (Å²) < 4.78 is 0. The monoisotopic (exact) mass is 256 g/mol. The Bertz CT molecular complexity index is 205. The van der Waals surface area contributed by atoms with E-state index in [4.69, 9.17) is 0 Å². The minimum absolute atomic E-state index is 0.281. The van der Waals surface area contributed by atoms with Gasteiger partial charge in [-0.2, -0.15) is 0 Å². The van der Waals surface area contributed by atoms with E-state index < -0.39 is 0 Å². The van der Waals surface area contributed by atoms with Crippen molar-refractivity contribution in [2.75, 3.05) is 26.2 Å². The van der Waals surface area contributed by atoms with Crippen LogP contribution in [-0.4, -0.2) is 48.3 Å². The van der Waals surface area contributed by atoms with Crippen LogP contribution in [0.5, 0.6) is 0 Å². The van der Waals surface area contributed by atoms with E-state index in [-0.39, 0.29) is 6.61 Å². The van der Waals surface area contributed by atoms with E-state index in [9.17, 15) is 5.11 Å². The number of rotatable bonds is 9. The van der Waals surface area contributed by atoms with Crippen molar-refractivity contribution in [1.82, 2.24) is 10.2 Å². The van der Waals surface area contributed by atoms with Crippen molar-refractivity contribution in [1.29, 1.82) is 0 Å². The summed E-state index contributed by atoms with van der Waals surface area (Å²) in [5, 5.41) is 12.9. The molecular weight excluding hydrogens is 224 g/mol. The summed E-state index contributed by atoms with van der Waals surface area (Å²) in [6.45, 7) is 10.3. The third-order valence-corrected chi connectivity index (χ3v) is 4.36. The first-order valence-electron chi connectivity index (χ1n) is 7.79. The lowest BCUT2D eigenvalue weighted by Crippen LogP contribution is -2.45. The fraction of sp³-hybridized carbons (Fsp3) is 1.00. The van der Waals surface area contributed by atoms with E-state index in [1.54, 1.807) is 0 Å². The van der Waals surface area contributed by atoms with Crippen LogP contribution in [0.4, 0.5) is 0 Å². The molecule has 0 aromatic heterocycles. The quantitative estimate of drug-likeness (QED) is 0.664. The van der Waals surface area contributed by atoms with Gasteiger partial charge in [0.1, 0.15) is 0 Å². The van der Waals surface area contributed by atoms with E-state index in [0.29, 0.717) is 12.1 Å². The second-order valence-corrected chi connectivity index (χ2v) is 5.82. The van der Waals surface area contributed by atoms with Crippen molar-refractivity contribution in [2.45, 2.75) is 65.0 Å². The van der Waals surface area contributed by atoms with E-state index in [1.165, 1.54) is 38.6 Å². The molecule has 108 valence electrons. The third-order valence-electron chi connectivity index (χ3n) is 4.36. The number of aliphatic hydroxyl groups excluding tert-OH is 1. The lowest BCUT2D eigenvalue weighted by atomic mass is 9.96. The molecule has 0 radical (unpaired) electrons. The smallest absolute Gasteiger partial charge is 0.0558 e. The molecule has 3 atom stereocenters. The van der Waals surface area contributed by atoms with Crippen molar-refractivity contribution in [2.24, 2.45) is 5.92 Å². The van der Waals surface area contributed by atoms with Gasteiger partial charge in [-0.05, 0) is 38.1 Å². The second kappa shape index (κ2) is 8.89. The lowest BCUT2D eigenvalue weighted by Gasteiger charge is -2.34. The van der Waals surface area contributed by atoms with Crippen molar-refractivity contribution in [3.63, 3.8) is 0 Å². The fourth-order valence-electron chi connectivity index (χ4n) is 2.95. The van der Waals surface area contributed by atoms with Crippen LogP contribution in [-0.2, 0) is 0 Å². The number of hydrogen-bond donors (Lipinski definition) is 2. The van der Waals surface area contributed by atoms with E-state index in [1.807, 2.05) is 0 Å². The molecule has 0 amide bonds. The Morgan fingerprint density at radius 3 is 2.61 bits per heavy atom. The van der Waals surface area contributed by atoms with Crippen LogP contribution in [0.25, 0.3) is 0 Å².